The molecule has 0 saturated carbocycles. The van der Waals surface area contributed by atoms with Crippen molar-refractivity contribution in [3.05, 3.63) is 168 Å². The van der Waals surface area contributed by atoms with Crippen molar-refractivity contribution in [1.82, 2.24) is 50.1 Å². The second-order valence-electron chi connectivity index (χ2n) is 12.9. The lowest BCUT2D eigenvalue weighted by Gasteiger charge is -2.14. The lowest BCUT2D eigenvalue weighted by Crippen LogP contribution is -2.15. The van der Waals surface area contributed by atoms with Crippen molar-refractivity contribution in [2.75, 3.05) is 10.6 Å². The number of rotatable bonds is 7. The van der Waals surface area contributed by atoms with Gasteiger partial charge in [-0.3, -0.25) is 29.6 Å². The molecule has 55 heavy (non-hydrogen) atoms. The van der Waals surface area contributed by atoms with Crippen molar-refractivity contribution in [2.24, 2.45) is 0 Å². The number of aromatic nitrogens is 8. The molecule has 13 nitrogen and oxygen atoms in total. The average Bonchev–Trinajstić information content (AvgIpc) is 3.90. The number of hydrogen-bond acceptors (Lipinski definition) is 13. The molecule has 3 N–H and O–H groups in total. The molecule has 6 aromatic heterocycles. The molecule has 0 atom stereocenters. The average molecular weight is 725 g/mol. The molecule has 0 saturated heterocycles. The van der Waals surface area contributed by atoms with Gasteiger partial charge in [-0.25, -0.2) is 19.9 Å². The quantitative estimate of drug-likeness (QED) is 0.145. The van der Waals surface area contributed by atoms with Gasteiger partial charge in [0.1, 0.15) is 30.6 Å². The van der Waals surface area contributed by atoms with Crippen LogP contribution in [0.15, 0.2) is 135 Å². The maximum absolute atomic E-state index is 9.98. The minimum absolute atomic E-state index is 0.667. The molecule has 13 heteroatoms. The number of fused-ring (bicyclic) bond motifs is 4. The number of benzene rings is 2. The van der Waals surface area contributed by atoms with E-state index in [0.29, 0.717) is 5.56 Å². The summed E-state index contributed by atoms with van der Waals surface area (Å²) in [6.07, 6.45) is 14.5. The standard InChI is InChI=1S/C21H18N6.C15H13N5.C6H5NO/c1-2-4-19-16(3-1)9-17(10-23-19)26-21-18-12-27(13-20(18)24-14-25-21)11-15-5-7-22-8-6-15;1-2-4-13-10(3-1)5-11(6-17-13)20-15-12-7-16-8-14(12)18-9-19-15;8-5-6-1-3-7-4-2-6/h1-10,14H,11-13H2,(H,24,25,26);1-6,9,16H,7-8H2,(H,18,19,20);1-5H. The molecule has 2 aliphatic rings. The van der Waals surface area contributed by atoms with Gasteiger partial charge in [0.15, 0.2) is 0 Å². The van der Waals surface area contributed by atoms with Gasteiger partial charge in [-0.05, 0) is 54.1 Å². The second-order valence-corrected chi connectivity index (χ2v) is 12.9. The number of nitrogens with one attached hydrogen (secondary N) is 3. The van der Waals surface area contributed by atoms with Crippen LogP contribution in [0.4, 0.5) is 23.0 Å². The summed E-state index contributed by atoms with van der Waals surface area (Å²) in [4.78, 5) is 46.7. The van der Waals surface area contributed by atoms with Crippen LogP contribution in [0.5, 0.6) is 0 Å². The Hall–Kier alpha value is -7.09. The highest BCUT2D eigenvalue weighted by Gasteiger charge is 2.24. The Morgan fingerprint density at radius 2 is 1.20 bits per heavy atom. The summed E-state index contributed by atoms with van der Waals surface area (Å²) in [5, 5.41) is 12.3. The normalized spacial score (nSPS) is 12.8. The van der Waals surface area contributed by atoms with E-state index in [-0.39, 0.29) is 0 Å². The summed E-state index contributed by atoms with van der Waals surface area (Å²) in [5.41, 5.74) is 10.2. The summed E-state index contributed by atoms with van der Waals surface area (Å²) in [7, 11) is 0. The Morgan fingerprint density at radius 1 is 0.618 bits per heavy atom. The fourth-order valence-corrected chi connectivity index (χ4v) is 6.40. The highest BCUT2D eigenvalue weighted by Crippen LogP contribution is 2.30. The molecule has 8 aromatic rings. The van der Waals surface area contributed by atoms with Gasteiger partial charge in [0.05, 0.1) is 46.2 Å². The second kappa shape index (κ2) is 16.7. The van der Waals surface area contributed by atoms with Crippen molar-refractivity contribution < 1.29 is 4.79 Å². The number of para-hydroxylation sites is 2. The van der Waals surface area contributed by atoms with Crippen LogP contribution >= 0.6 is 0 Å². The molecule has 0 fully saturated rings. The third kappa shape index (κ3) is 8.60. The Bertz CT molecular complexity index is 2550. The third-order valence-corrected chi connectivity index (χ3v) is 9.12. The van der Waals surface area contributed by atoms with Crippen LogP contribution in [-0.2, 0) is 32.7 Å². The number of hydrogen-bond donors (Lipinski definition) is 3. The van der Waals surface area contributed by atoms with Crippen molar-refractivity contribution >= 4 is 51.1 Å². The van der Waals surface area contributed by atoms with Crippen LogP contribution < -0.4 is 16.0 Å². The Morgan fingerprint density at radius 3 is 1.82 bits per heavy atom. The summed E-state index contributed by atoms with van der Waals surface area (Å²) < 4.78 is 0. The van der Waals surface area contributed by atoms with Crippen LogP contribution in [-0.4, -0.2) is 51.1 Å². The van der Waals surface area contributed by atoms with Gasteiger partial charge < -0.3 is 16.0 Å². The summed E-state index contributed by atoms with van der Waals surface area (Å²) >= 11 is 0. The fourth-order valence-electron chi connectivity index (χ4n) is 6.40. The maximum Gasteiger partial charge on any atom is 0.150 e. The van der Waals surface area contributed by atoms with Gasteiger partial charge in [-0.2, -0.15) is 0 Å². The summed E-state index contributed by atoms with van der Waals surface area (Å²) in [6, 6.07) is 27.8. The highest BCUT2D eigenvalue weighted by atomic mass is 16.1. The summed E-state index contributed by atoms with van der Waals surface area (Å²) in [5.74, 6) is 1.71. The number of carbonyl (C=O) groups excluding carboxylic acids is 1. The topological polar surface area (TPSA) is 160 Å². The lowest BCUT2D eigenvalue weighted by atomic mass is 10.2. The van der Waals surface area contributed by atoms with Crippen LogP contribution in [0, 0.1) is 0 Å². The van der Waals surface area contributed by atoms with Gasteiger partial charge in [-0.15, -0.1) is 0 Å². The van der Waals surface area contributed by atoms with Gasteiger partial charge >= 0.3 is 0 Å². The Balaban J connectivity index is 0.000000133. The van der Waals surface area contributed by atoms with Gasteiger partial charge in [0.2, 0.25) is 0 Å². The van der Waals surface area contributed by atoms with Gasteiger partial charge in [0, 0.05) is 85.0 Å². The van der Waals surface area contributed by atoms with Crippen molar-refractivity contribution in [3.8, 4) is 0 Å². The minimum atomic E-state index is 0.667. The highest BCUT2D eigenvalue weighted by molar-refractivity contribution is 5.83. The molecule has 2 aromatic carbocycles. The van der Waals surface area contributed by atoms with E-state index in [4.69, 9.17) is 0 Å². The Labute approximate surface area is 317 Å². The molecule has 0 bridgehead atoms. The predicted molar refractivity (Wildman–Crippen MR) is 211 cm³/mol. The minimum Gasteiger partial charge on any atom is -0.339 e. The first-order valence-electron chi connectivity index (χ1n) is 17.7. The van der Waals surface area contributed by atoms with Gasteiger partial charge in [0.25, 0.3) is 0 Å². The van der Waals surface area contributed by atoms with Crippen LogP contribution in [0.25, 0.3) is 21.8 Å². The van der Waals surface area contributed by atoms with Crippen molar-refractivity contribution in [3.63, 3.8) is 0 Å². The first-order valence-corrected chi connectivity index (χ1v) is 17.7. The van der Waals surface area contributed by atoms with Crippen molar-refractivity contribution in [1.29, 1.82) is 0 Å². The maximum atomic E-state index is 9.98. The number of anilines is 4. The van der Waals surface area contributed by atoms with Crippen LogP contribution in [0.1, 0.15) is 38.4 Å². The predicted octanol–water partition coefficient (Wildman–Crippen LogP) is 6.94. The molecule has 0 radical (unpaired) electrons. The molecule has 0 aliphatic carbocycles. The van der Waals surface area contributed by atoms with Gasteiger partial charge in [-0.1, -0.05) is 36.4 Å². The zero-order valence-electron chi connectivity index (χ0n) is 29.7. The number of aldehydes is 1. The number of nitrogens with zero attached hydrogens (tertiary/aromatic N) is 9. The SMILES string of the molecule is O=Cc1ccncc1.c1ccc2ncc(Nc3ncnc4c3CN(Cc3ccncc3)C4)cc2c1.c1ccc2ncc(Nc3ncnc4c3CNC4)cc2c1. The third-order valence-electron chi connectivity index (χ3n) is 9.12. The molecule has 0 spiro atoms. The molecule has 8 heterocycles. The van der Waals surface area contributed by atoms with E-state index in [0.717, 1.165) is 106 Å². The zero-order valence-corrected chi connectivity index (χ0v) is 29.7. The first kappa shape index (κ1) is 35.0. The molecule has 0 unspecified atom stereocenters. The molecule has 0 amide bonds. The molecule has 10 rings (SSSR count). The molecule has 270 valence electrons. The largest absolute Gasteiger partial charge is 0.339 e. The molecular formula is C42H36N12O. The lowest BCUT2D eigenvalue weighted by molar-refractivity contribution is 0.112. The summed E-state index contributed by atoms with van der Waals surface area (Å²) in [6.45, 7) is 4.13. The molecule has 2 aliphatic heterocycles. The Kier molecular flexibility index (Phi) is 10.6. The van der Waals surface area contributed by atoms with E-state index < -0.39 is 0 Å². The van der Waals surface area contributed by atoms with Crippen LogP contribution in [0.3, 0.4) is 0 Å². The van der Waals surface area contributed by atoms with E-state index >= 15 is 0 Å². The monoisotopic (exact) mass is 724 g/mol. The van der Waals surface area contributed by atoms with E-state index in [1.807, 2.05) is 61.2 Å². The van der Waals surface area contributed by atoms with E-state index in [1.165, 1.54) is 5.56 Å². The van der Waals surface area contributed by atoms with E-state index in [9.17, 15) is 4.79 Å². The number of carbonyl (C=O) groups is 1. The number of pyridine rings is 4. The van der Waals surface area contributed by atoms with Crippen LogP contribution in [0.2, 0.25) is 0 Å². The van der Waals surface area contributed by atoms with E-state index in [2.05, 4.69) is 97.1 Å². The van der Waals surface area contributed by atoms with E-state index in [1.54, 1.807) is 37.2 Å². The van der Waals surface area contributed by atoms with Crippen molar-refractivity contribution in [2.45, 2.75) is 32.7 Å². The smallest absolute Gasteiger partial charge is 0.150 e. The zero-order chi connectivity index (χ0) is 37.2. The first-order chi connectivity index (χ1) is 27.2. The molecular weight excluding hydrogens is 689 g/mol. The fraction of sp³-hybridized carbons (Fsp3) is 0.119.